The van der Waals surface area contributed by atoms with Crippen molar-refractivity contribution in [2.75, 3.05) is 6.61 Å². The van der Waals surface area contributed by atoms with Crippen LogP contribution in [0.3, 0.4) is 0 Å². The van der Waals surface area contributed by atoms with Crippen molar-refractivity contribution in [3.63, 3.8) is 0 Å². The largest absolute Gasteiger partial charge is 0.506 e. The first-order valence-electron chi connectivity index (χ1n) is 5.37. The maximum Gasteiger partial charge on any atom is 0.302 e. The molecule has 2 rings (SSSR count). The summed E-state index contributed by atoms with van der Waals surface area (Å²) in [6, 6.07) is 1.72. The SMILES string of the molecule is CC(=O)OC[C@H]1[C@H](C)[C@@H]1c1cncc(O)c1. The number of pyridine rings is 1. The highest BCUT2D eigenvalue weighted by Gasteiger charge is 2.48. The molecular weight excluding hydrogens is 206 g/mol. The molecular formula is C12H15NO3. The van der Waals surface area contributed by atoms with Gasteiger partial charge in [0.1, 0.15) is 5.75 Å². The maximum absolute atomic E-state index is 10.7. The van der Waals surface area contributed by atoms with Crippen LogP contribution >= 0.6 is 0 Å². The molecule has 1 fully saturated rings. The molecule has 0 unspecified atom stereocenters. The summed E-state index contributed by atoms with van der Waals surface area (Å²) >= 11 is 0. The normalized spacial score (nSPS) is 27.5. The lowest BCUT2D eigenvalue weighted by molar-refractivity contribution is -0.141. The Labute approximate surface area is 94.3 Å². The average molecular weight is 221 g/mol. The molecule has 0 saturated heterocycles. The van der Waals surface area contributed by atoms with E-state index in [2.05, 4.69) is 11.9 Å². The Morgan fingerprint density at radius 2 is 2.31 bits per heavy atom. The van der Waals surface area contributed by atoms with Crippen molar-refractivity contribution in [1.82, 2.24) is 4.98 Å². The highest BCUT2D eigenvalue weighted by atomic mass is 16.5. The minimum Gasteiger partial charge on any atom is -0.506 e. The van der Waals surface area contributed by atoms with Crippen molar-refractivity contribution in [2.45, 2.75) is 19.8 Å². The quantitative estimate of drug-likeness (QED) is 0.789. The van der Waals surface area contributed by atoms with Gasteiger partial charge in [-0.3, -0.25) is 9.78 Å². The lowest BCUT2D eigenvalue weighted by Crippen LogP contribution is -2.03. The van der Waals surface area contributed by atoms with Gasteiger partial charge in [0, 0.05) is 19.0 Å². The number of rotatable bonds is 3. The van der Waals surface area contributed by atoms with Crippen molar-refractivity contribution >= 4 is 5.97 Å². The number of hydrogen-bond donors (Lipinski definition) is 1. The van der Waals surface area contributed by atoms with Crippen LogP contribution in [0.1, 0.15) is 25.3 Å². The number of nitrogens with zero attached hydrogens (tertiary/aromatic N) is 1. The van der Waals surface area contributed by atoms with Gasteiger partial charge in [0.15, 0.2) is 0 Å². The van der Waals surface area contributed by atoms with E-state index in [1.165, 1.54) is 13.1 Å². The third kappa shape index (κ3) is 2.15. The predicted molar refractivity (Wildman–Crippen MR) is 57.9 cm³/mol. The molecule has 0 aliphatic heterocycles. The van der Waals surface area contributed by atoms with Gasteiger partial charge in [-0.1, -0.05) is 6.92 Å². The van der Waals surface area contributed by atoms with Gasteiger partial charge in [-0.25, -0.2) is 0 Å². The second kappa shape index (κ2) is 4.12. The van der Waals surface area contributed by atoms with Crippen molar-refractivity contribution in [3.8, 4) is 5.75 Å². The molecule has 1 aliphatic rings. The summed E-state index contributed by atoms with van der Waals surface area (Å²) in [4.78, 5) is 14.7. The fraction of sp³-hybridized carbons (Fsp3) is 0.500. The molecule has 16 heavy (non-hydrogen) atoms. The number of carbonyl (C=O) groups excluding carboxylic acids is 1. The van der Waals surface area contributed by atoms with Crippen molar-refractivity contribution in [1.29, 1.82) is 0 Å². The molecule has 1 aromatic rings. The van der Waals surface area contributed by atoms with Crippen molar-refractivity contribution < 1.29 is 14.6 Å². The molecule has 1 N–H and O–H groups in total. The fourth-order valence-corrected chi connectivity index (χ4v) is 2.19. The summed E-state index contributed by atoms with van der Waals surface area (Å²) < 4.78 is 5.00. The first kappa shape index (κ1) is 10.9. The van der Waals surface area contributed by atoms with Crippen LogP contribution < -0.4 is 0 Å². The molecule has 0 spiro atoms. The lowest BCUT2D eigenvalue weighted by Gasteiger charge is -2.01. The highest BCUT2D eigenvalue weighted by Crippen LogP contribution is 2.53. The van der Waals surface area contributed by atoms with Gasteiger partial charge in [-0.15, -0.1) is 0 Å². The van der Waals surface area contributed by atoms with E-state index in [-0.39, 0.29) is 11.7 Å². The molecule has 4 heteroatoms. The second-order valence-electron chi connectivity index (χ2n) is 4.33. The Bertz CT molecular complexity index is 405. The van der Waals surface area contributed by atoms with E-state index in [0.29, 0.717) is 24.4 Å². The standard InChI is InChI=1S/C12H15NO3/c1-7-11(6-16-8(2)14)12(7)9-3-10(15)5-13-4-9/h3-5,7,11-12,15H,6H2,1-2H3/t7-,11-,12+/m0/s1. The Balaban J connectivity index is 2.00. The number of carbonyl (C=O) groups is 1. The van der Waals surface area contributed by atoms with Crippen LogP contribution in [0.5, 0.6) is 5.75 Å². The molecule has 1 saturated carbocycles. The Kier molecular flexibility index (Phi) is 2.81. The molecule has 0 bridgehead atoms. The van der Waals surface area contributed by atoms with E-state index >= 15 is 0 Å². The van der Waals surface area contributed by atoms with Crippen LogP contribution in [0.4, 0.5) is 0 Å². The minimum atomic E-state index is -0.244. The van der Waals surface area contributed by atoms with Crippen LogP contribution in [0, 0.1) is 11.8 Å². The molecule has 1 heterocycles. The third-order valence-electron chi connectivity index (χ3n) is 3.17. The zero-order valence-corrected chi connectivity index (χ0v) is 9.38. The molecule has 1 aliphatic carbocycles. The molecule has 1 aromatic heterocycles. The number of hydrogen-bond acceptors (Lipinski definition) is 4. The van der Waals surface area contributed by atoms with Gasteiger partial charge in [0.05, 0.1) is 12.8 Å². The smallest absolute Gasteiger partial charge is 0.302 e. The molecule has 4 nitrogen and oxygen atoms in total. The number of aromatic hydroxyl groups is 1. The number of esters is 1. The summed E-state index contributed by atoms with van der Waals surface area (Å²) in [5.74, 6) is 1.11. The van der Waals surface area contributed by atoms with Gasteiger partial charge >= 0.3 is 5.97 Å². The monoisotopic (exact) mass is 221 g/mol. The van der Waals surface area contributed by atoms with Crippen LogP contribution in [-0.4, -0.2) is 22.7 Å². The molecule has 0 radical (unpaired) electrons. The summed E-state index contributed by atoms with van der Waals surface area (Å²) in [6.45, 7) is 3.98. The predicted octanol–water partition coefficient (Wildman–Crippen LogP) is 1.70. The first-order chi connectivity index (χ1) is 7.59. The van der Waals surface area contributed by atoms with Crippen LogP contribution in [-0.2, 0) is 9.53 Å². The van der Waals surface area contributed by atoms with Crippen molar-refractivity contribution in [3.05, 3.63) is 24.0 Å². The van der Waals surface area contributed by atoms with E-state index in [0.717, 1.165) is 5.56 Å². The summed E-state index contributed by atoms with van der Waals surface area (Å²) in [7, 11) is 0. The average Bonchev–Trinajstić information content (AvgIpc) is 2.86. The summed E-state index contributed by atoms with van der Waals surface area (Å²) in [5, 5.41) is 9.33. The van der Waals surface area contributed by atoms with Gasteiger partial charge < -0.3 is 9.84 Å². The minimum absolute atomic E-state index is 0.183. The zero-order valence-electron chi connectivity index (χ0n) is 9.38. The van der Waals surface area contributed by atoms with Crippen LogP contribution in [0.2, 0.25) is 0 Å². The summed E-state index contributed by atoms with van der Waals surface area (Å²) in [5.41, 5.74) is 1.02. The number of aromatic nitrogens is 1. The second-order valence-corrected chi connectivity index (χ2v) is 4.33. The van der Waals surface area contributed by atoms with Crippen LogP contribution in [0.15, 0.2) is 18.5 Å². The molecule has 0 aromatic carbocycles. The van der Waals surface area contributed by atoms with Crippen molar-refractivity contribution in [2.24, 2.45) is 11.8 Å². The first-order valence-corrected chi connectivity index (χ1v) is 5.37. The van der Waals surface area contributed by atoms with E-state index in [4.69, 9.17) is 4.74 Å². The highest BCUT2D eigenvalue weighted by molar-refractivity contribution is 5.65. The van der Waals surface area contributed by atoms with Gasteiger partial charge in [0.2, 0.25) is 0 Å². The topological polar surface area (TPSA) is 59.4 Å². The Morgan fingerprint density at radius 1 is 1.56 bits per heavy atom. The molecule has 86 valence electrons. The summed E-state index contributed by atoms with van der Waals surface area (Å²) in [6.07, 6.45) is 3.17. The zero-order chi connectivity index (χ0) is 11.7. The Hall–Kier alpha value is -1.58. The number of ether oxygens (including phenoxy) is 1. The van der Waals surface area contributed by atoms with Gasteiger partial charge in [-0.2, -0.15) is 0 Å². The molecule has 3 atom stereocenters. The van der Waals surface area contributed by atoms with Crippen LogP contribution in [0.25, 0.3) is 0 Å². The third-order valence-corrected chi connectivity index (χ3v) is 3.17. The van der Waals surface area contributed by atoms with Gasteiger partial charge in [0.25, 0.3) is 0 Å². The fourth-order valence-electron chi connectivity index (χ4n) is 2.19. The molecule has 0 amide bonds. The Morgan fingerprint density at radius 3 is 2.94 bits per heavy atom. The van der Waals surface area contributed by atoms with E-state index < -0.39 is 0 Å². The van der Waals surface area contributed by atoms with E-state index in [1.54, 1.807) is 12.3 Å². The lowest BCUT2D eigenvalue weighted by atomic mass is 10.1. The van der Waals surface area contributed by atoms with E-state index in [9.17, 15) is 9.90 Å². The maximum atomic E-state index is 10.7. The van der Waals surface area contributed by atoms with E-state index in [1.807, 2.05) is 0 Å². The van der Waals surface area contributed by atoms with Gasteiger partial charge in [-0.05, 0) is 23.5 Å².